The highest BCUT2D eigenvalue weighted by atomic mass is 16.2. The van der Waals surface area contributed by atoms with Crippen LogP contribution in [0.3, 0.4) is 0 Å². The third kappa shape index (κ3) is 7.83. The summed E-state index contributed by atoms with van der Waals surface area (Å²) in [6, 6.07) is 7.75. The van der Waals surface area contributed by atoms with Gasteiger partial charge in [0.05, 0.1) is 6.61 Å². The molecule has 0 aliphatic rings. The SMILES string of the molecule is NCCCCCNC(=O)c1cccc(CCCCC[O])c1. The molecular formula is C17H27N2O2. The van der Waals surface area contributed by atoms with Crippen LogP contribution in [0, 0.1) is 0 Å². The van der Waals surface area contributed by atoms with Crippen molar-refractivity contribution in [3.05, 3.63) is 35.4 Å². The Kier molecular flexibility index (Phi) is 9.49. The van der Waals surface area contributed by atoms with Gasteiger partial charge in [-0.3, -0.25) is 4.79 Å². The Morgan fingerprint density at radius 1 is 1.05 bits per heavy atom. The lowest BCUT2D eigenvalue weighted by atomic mass is 10.0. The summed E-state index contributed by atoms with van der Waals surface area (Å²) in [5.41, 5.74) is 7.31. The van der Waals surface area contributed by atoms with Gasteiger partial charge >= 0.3 is 0 Å². The monoisotopic (exact) mass is 291 g/mol. The summed E-state index contributed by atoms with van der Waals surface area (Å²) in [6.07, 6.45) is 6.66. The minimum atomic E-state index is -0.0100. The minimum absolute atomic E-state index is 0.00655. The van der Waals surface area contributed by atoms with Gasteiger partial charge in [-0.05, 0) is 56.3 Å². The quantitative estimate of drug-likeness (QED) is 0.615. The Bertz CT molecular complexity index is 408. The largest absolute Gasteiger partial charge is 0.352 e. The smallest absolute Gasteiger partial charge is 0.251 e. The molecule has 0 spiro atoms. The zero-order chi connectivity index (χ0) is 15.3. The standard InChI is InChI=1S/C17H27N2O2/c18-11-4-2-5-12-19-17(21)16-10-7-9-15(14-16)8-3-1-6-13-20/h7,9-10,14H,1-6,8,11-13,18H2,(H,19,21). The van der Waals surface area contributed by atoms with E-state index >= 15 is 0 Å². The number of carbonyl (C=O) groups excluding carboxylic acids is 1. The third-order valence-corrected chi connectivity index (χ3v) is 3.47. The molecular weight excluding hydrogens is 264 g/mol. The van der Waals surface area contributed by atoms with Gasteiger partial charge in [-0.1, -0.05) is 25.0 Å². The first-order chi connectivity index (χ1) is 10.3. The molecule has 4 nitrogen and oxygen atoms in total. The first-order valence-electron chi connectivity index (χ1n) is 7.93. The van der Waals surface area contributed by atoms with Gasteiger partial charge in [-0.25, -0.2) is 5.11 Å². The van der Waals surface area contributed by atoms with Crippen LogP contribution in [0.5, 0.6) is 0 Å². The number of benzene rings is 1. The van der Waals surface area contributed by atoms with Gasteiger partial charge in [0.1, 0.15) is 0 Å². The lowest BCUT2D eigenvalue weighted by Gasteiger charge is -2.07. The molecule has 0 fully saturated rings. The van der Waals surface area contributed by atoms with Crippen LogP contribution in [-0.2, 0) is 11.5 Å². The van der Waals surface area contributed by atoms with Crippen LogP contribution in [0.15, 0.2) is 24.3 Å². The molecule has 1 rings (SSSR count). The van der Waals surface area contributed by atoms with Gasteiger partial charge < -0.3 is 11.1 Å². The van der Waals surface area contributed by atoms with E-state index in [0.717, 1.165) is 56.1 Å². The van der Waals surface area contributed by atoms with E-state index in [1.807, 2.05) is 24.3 Å². The molecule has 0 saturated carbocycles. The predicted molar refractivity (Wildman–Crippen MR) is 84.8 cm³/mol. The third-order valence-electron chi connectivity index (χ3n) is 3.47. The van der Waals surface area contributed by atoms with Crippen molar-refractivity contribution in [2.75, 3.05) is 19.7 Å². The number of carbonyl (C=O) groups is 1. The van der Waals surface area contributed by atoms with Gasteiger partial charge in [0.15, 0.2) is 0 Å². The van der Waals surface area contributed by atoms with E-state index in [1.54, 1.807) is 0 Å². The molecule has 0 bridgehead atoms. The molecule has 0 heterocycles. The number of hydrogen-bond donors (Lipinski definition) is 2. The molecule has 0 saturated heterocycles. The second-order valence-electron chi connectivity index (χ2n) is 5.32. The van der Waals surface area contributed by atoms with Crippen LogP contribution in [0.1, 0.15) is 54.4 Å². The Hall–Kier alpha value is -1.39. The molecule has 0 atom stereocenters. The Morgan fingerprint density at radius 2 is 1.86 bits per heavy atom. The molecule has 21 heavy (non-hydrogen) atoms. The van der Waals surface area contributed by atoms with Crippen LogP contribution >= 0.6 is 0 Å². The molecule has 117 valence electrons. The second kappa shape index (κ2) is 11.3. The summed E-state index contributed by atoms with van der Waals surface area (Å²) >= 11 is 0. The first kappa shape index (κ1) is 17.7. The van der Waals surface area contributed by atoms with Crippen molar-refractivity contribution in [3.63, 3.8) is 0 Å². The van der Waals surface area contributed by atoms with E-state index in [4.69, 9.17) is 5.73 Å². The van der Waals surface area contributed by atoms with Gasteiger partial charge in [-0.2, -0.15) is 0 Å². The van der Waals surface area contributed by atoms with Crippen molar-refractivity contribution in [1.82, 2.24) is 5.32 Å². The van der Waals surface area contributed by atoms with Crippen LogP contribution < -0.4 is 11.1 Å². The van der Waals surface area contributed by atoms with E-state index < -0.39 is 0 Å². The number of nitrogens with two attached hydrogens (primary N) is 1. The summed E-state index contributed by atoms with van der Waals surface area (Å²) in [4.78, 5) is 12.0. The molecule has 0 aliphatic heterocycles. The van der Waals surface area contributed by atoms with Gasteiger partial charge in [0.25, 0.3) is 5.91 Å². The van der Waals surface area contributed by atoms with E-state index in [2.05, 4.69) is 5.32 Å². The van der Waals surface area contributed by atoms with E-state index in [-0.39, 0.29) is 12.5 Å². The van der Waals surface area contributed by atoms with Gasteiger partial charge in [-0.15, -0.1) is 0 Å². The number of unbranched alkanes of at least 4 members (excludes halogenated alkanes) is 4. The topological polar surface area (TPSA) is 75.0 Å². The number of amides is 1. The van der Waals surface area contributed by atoms with E-state index in [9.17, 15) is 9.90 Å². The molecule has 1 aromatic rings. The number of aryl methyl sites for hydroxylation is 1. The molecule has 3 N–H and O–H groups in total. The lowest BCUT2D eigenvalue weighted by Crippen LogP contribution is -2.24. The van der Waals surface area contributed by atoms with Crippen molar-refractivity contribution in [3.8, 4) is 0 Å². The maximum Gasteiger partial charge on any atom is 0.251 e. The van der Waals surface area contributed by atoms with Crippen molar-refractivity contribution in [2.24, 2.45) is 5.73 Å². The van der Waals surface area contributed by atoms with Gasteiger partial charge in [0, 0.05) is 12.1 Å². The predicted octanol–water partition coefficient (Wildman–Crippen LogP) is 2.69. The highest BCUT2D eigenvalue weighted by molar-refractivity contribution is 5.94. The molecule has 0 unspecified atom stereocenters. The fourth-order valence-corrected chi connectivity index (χ4v) is 2.23. The molecule has 1 radical (unpaired) electrons. The van der Waals surface area contributed by atoms with E-state index in [0.29, 0.717) is 13.1 Å². The number of nitrogens with one attached hydrogen (secondary N) is 1. The molecule has 4 heteroatoms. The summed E-state index contributed by atoms with van der Waals surface area (Å²) in [6.45, 7) is 1.42. The fraction of sp³-hybridized carbons (Fsp3) is 0.588. The summed E-state index contributed by atoms with van der Waals surface area (Å²) in [5, 5.41) is 13.3. The molecule has 0 aromatic heterocycles. The summed E-state index contributed by atoms with van der Waals surface area (Å²) in [7, 11) is 0. The average Bonchev–Trinajstić information content (AvgIpc) is 2.51. The van der Waals surface area contributed by atoms with Crippen LogP contribution in [-0.4, -0.2) is 25.6 Å². The second-order valence-corrected chi connectivity index (χ2v) is 5.32. The lowest BCUT2D eigenvalue weighted by molar-refractivity contribution is 0.0953. The molecule has 1 amide bonds. The fourth-order valence-electron chi connectivity index (χ4n) is 2.23. The number of hydrogen-bond acceptors (Lipinski definition) is 2. The van der Waals surface area contributed by atoms with Crippen LogP contribution in [0.4, 0.5) is 0 Å². The van der Waals surface area contributed by atoms with Crippen molar-refractivity contribution in [1.29, 1.82) is 0 Å². The van der Waals surface area contributed by atoms with Crippen LogP contribution in [0.2, 0.25) is 0 Å². The Balaban J connectivity index is 2.34. The maximum absolute atomic E-state index is 12.0. The van der Waals surface area contributed by atoms with Crippen LogP contribution in [0.25, 0.3) is 0 Å². The zero-order valence-electron chi connectivity index (χ0n) is 12.8. The van der Waals surface area contributed by atoms with Gasteiger partial charge in [0.2, 0.25) is 0 Å². The van der Waals surface area contributed by atoms with Crippen molar-refractivity contribution in [2.45, 2.75) is 44.9 Å². The van der Waals surface area contributed by atoms with Crippen molar-refractivity contribution < 1.29 is 9.90 Å². The van der Waals surface area contributed by atoms with Crippen molar-refractivity contribution >= 4 is 5.91 Å². The molecule has 0 aliphatic carbocycles. The molecule has 1 aromatic carbocycles. The zero-order valence-corrected chi connectivity index (χ0v) is 12.8. The summed E-state index contributed by atoms with van der Waals surface area (Å²) < 4.78 is 0. The summed E-state index contributed by atoms with van der Waals surface area (Å²) in [5.74, 6) is -0.0100. The maximum atomic E-state index is 12.0. The Morgan fingerprint density at radius 3 is 2.62 bits per heavy atom. The van der Waals surface area contributed by atoms with E-state index in [1.165, 1.54) is 0 Å². The normalized spacial score (nSPS) is 10.6. The Labute approximate surface area is 127 Å². The highest BCUT2D eigenvalue weighted by Crippen LogP contribution is 2.10. The number of rotatable bonds is 11. The average molecular weight is 291 g/mol. The highest BCUT2D eigenvalue weighted by Gasteiger charge is 2.05. The first-order valence-corrected chi connectivity index (χ1v) is 7.93. The minimum Gasteiger partial charge on any atom is -0.352 e.